The van der Waals surface area contributed by atoms with E-state index in [0.717, 1.165) is 18.6 Å². The molecule has 0 bridgehead atoms. The summed E-state index contributed by atoms with van der Waals surface area (Å²) in [6.45, 7) is 2.18. The van der Waals surface area contributed by atoms with E-state index in [-0.39, 0.29) is 0 Å². The summed E-state index contributed by atoms with van der Waals surface area (Å²) in [5.74, 6) is 1.01. The highest BCUT2D eigenvalue weighted by molar-refractivity contribution is 14.1. The van der Waals surface area contributed by atoms with Crippen molar-refractivity contribution in [3.8, 4) is 5.75 Å². The van der Waals surface area contributed by atoms with E-state index in [0.29, 0.717) is 0 Å². The second-order valence-corrected chi connectivity index (χ2v) is 3.95. The molecule has 0 fully saturated rings. The fourth-order valence-corrected chi connectivity index (χ4v) is 1.77. The molecule has 0 amide bonds. The monoisotopic (exact) mass is 276 g/mol. The molecular weight excluding hydrogens is 263 g/mol. The standard InChI is InChI=1S/C10H13IO/c1-3-4-8-7-9(11)5-6-10(8)12-2/h5-7H,3-4H2,1-2H3. The predicted octanol–water partition coefficient (Wildman–Crippen LogP) is 3.25. The molecule has 2 heteroatoms. The molecule has 1 aromatic carbocycles. The van der Waals surface area contributed by atoms with Crippen molar-refractivity contribution in [2.45, 2.75) is 19.8 Å². The van der Waals surface area contributed by atoms with Crippen molar-refractivity contribution in [1.82, 2.24) is 0 Å². The van der Waals surface area contributed by atoms with E-state index in [2.05, 4.69) is 41.6 Å². The molecule has 0 spiro atoms. The summed E-state index contributed by atoms with van der Waals surface area (Å²) >= 11 is 2.32. The molecular formula is C10H13IO. The third-order valence-electron chi connectivity index (χ3n) is 1.76. The van der Waals surface area contributed by atoms with Crippen molar-refractivity contribution in [3.63, 3.8) is 0 Å². The first kappa shape index (κ1) is 9.84. The van der Waals surface area contributed by atoms with Gasteiger partial charge in [-0.1, -0.05) is 13.3 Å². The van der Waals surface area contributed by atoms with Crippen molar-refractivity contribution in [3.05, 3.63) is 27.3 Å². The minimum Gasteiger partial charge on any atom is -0.496 e. The molecule has 0 aliphatic rings. The number of methoxy groups -OCH3 is 1. The molecule has 0 saturated carbocycles. The van der Waals surface area contributed by atoms with Crippen molar-refractivity contribution in [1.29, 1.82) is 0 Å². The highest BCUT2D eigenvalue weighted by Crippen LogP contribution is 2.21. The van der Waals surface area contributed by atoms with E-state index in [1.807, 2.05) is 6.07 Å². The second-order valence-electron chi connectivity index (χ2n) is 2.71. The van der Waals surface area contributed by atoms with Crippen LogP contribution in [0, 0.1) is 3.57 Å². The molecule has 66 valence electrons. The summed E-state index contributed by atoms with van der Waals surface area (Å²) in [6, 6.07) is 6.29. The lowest BCUT2D eigenvalue weighted by Crippen LogP contribution is -1.91. The van der Waals surface area contributed by atoms with E-state index >= 15 is 0 Å². The molecule has 0 saturated heterocycles. The number of aryl methyl sites for hydroxylation is 1. The van der Waals surface area contributed by atoms with E-state index in [4.69, 9.17) is 4.74 Å². The van der Waals surface area contributed by atoms with Crippen LogP contribution in [0.3, 0.4) is 0 Å². The smallest absolute Gasteiger partial charge is 0.122 e. The topological polar surface area (TPSA) is 9.23 Å². The molecule has 1 rings (SSSR count). The zero-order chi connectivity index (χ0) is 8.97. The minimum atomic E-state index is 1.01. The van der Waals surface area contributed by atoms with Gasteiger partial charge in [-0.15, -0.1) is 0 Å². The first-order valence-electron chi connectivity index (χ1n) is 4.10. The van der Waals surface area contributed by atoms with Crippen LogP contribution in [-0.2, 0) is 6.42 Å². The van der Waals surface area contributed by atoms with Crippen LogP contribution in [0.25, 0.3) is 0 Å². The third-order valence-corrected chi connectivity index (χ3v) is 2.43. The number of halogens is 1. The van der Waals surface area contributed by atoms with Crippen LogP contribution >= 0.6 is 22.6 Å². The molecule has 0 unspecified atom stereocenters. The average Bonchev–Trinajstić information content (AvgIpc) is 2.05. The summed E-state index contributed by atoms with van der Waals surface area (Å²) in [6.07, 6.45) is 2.26. The first-order valence-corrected chi connectivity index (χ1v) is 5.18. The summed E-state index contributed by atoms with van der Waals surface area (Å²) in [4.78, 5) is 0. The average molecular weight is 276 g/mol. The van der Waals surface area contributed by atoms with Gasteiger partial charge in [0.25, 0.3) is 0 Å². The number of rotatable bonds is 3. The molecule has 0 aliphatic heterocycles. The Balaban J connectivity index is 2.95. The van der Waals surface area contributed by atoms with Gasteiger partial charge in [0, 0.05) is 3.57 Å². The Kier molecular flexibility index (Phi) is 3.85. The van der Waals surface area contributed by atoms with E-state index in [1.54, 1.807) is 7.11 Å². The lowest BCUT2D eigenvalue weighted by Gasteiger charge is -2.07. The number of hydrogen-bond donors (Lipinski definition) is 0. The van der Waals surface area contributed by atoms with Crippen LogP contribution < -0.4 is 4.74 Å². The fraction of sp³-hybridized carbons (Fsp3) is 0.400. The van der Waals surface area contributed by atoms with E-state index in [9.17, 15) is 0 Å². The van der Waals surface area contributed by atoms with Crippen LogP contribution in [-0.4, -0.2) is 7.11 Å². The van der Waals surface area contributed by atoms with Gasteiger partial charge in [-0.05, 0) is 52.8 Å². The van der Waals surface area contributed by atoms with Gasteiger partial charge in [0.2, 0.25) is 0 Å². The molecule has 0 N–H and O–H groups in total. The minimum absolute atomic E-state index is 1.01. The van der Waals surface area contributed by atoms with Crippen molar-refractivity contribution < 1.29 is 4.74 Å². The molecule has 0 aliphatic carbocycles. The van der Waals surface area contributed by atoms with E-state index in [1.165, 1.54) is 9.13 Å². The Bertz CT molecular complexity index is 258. The zero-order valence-electron chi connectivity index (χ0n) is 7.43. The van der Waals surface area contributed by atoms with Gasteiger partial charge in [-0.2, -0.15) is 0 Å². The van der Waals surface area contributed by atoms with Gasteiger partial charge in [0.15, 0.2) is 0 Å². The van der Waals surface area contributed by atoms with Gasteiger partial charge in [-0.25, -0.2) is 0 Å². The van der Waals surface area contributed by atoms with Crippen molar-refractivity contribution in [2.75, 3.05) is 7.11 Å². The molecule has 0 aromatic heterocycles. The van der Waals surface area contributed by atoms with Crippen LogP contribution in [0.15, 0.2) is 18.2 Å². The Hall–Kier alpha value is -0.250. The predicted molar refractivity (Wildman–Crippen MR) is 59.7 cm³/mol. The summed E-state index contributed by atoms with van der Waals surface area (Å²) in [7, 11) is 1.72. The number of benzene rings is 1. The maximum Gasteiger partial charge on any atom is 0.122 e. The highest BCUT2D eigenvalue weighted by atomic mass is 127. The van der Waals surface area contributed by atoms with Gasteiger partial charge >= 0.3 is 0 Å². The maximum atomic E-state index is 5.25. The second kappa shape index (κ2) is 4.70. The lowest BCUT2D eigenvalue weighted by atomic mass is 10.1. The van der Waals surface area contributed by atoms with Crippen molar-refractivity contribution in [2.24, 2.45) is 0 Å². The van der Waals surface area contributed by atoms with Gasteiger partial charge in [-0.3, -0.25) is 0 Å². The van der Waals surface area contributed by atoms with E-state index < -0.39 is 0 Å². The summed E-state index contributed by atoms with van der Waals surface area (Å²) in [5, 5.41) is 0. The lowest BCUT2D eigenvalue weighted by molar-refractivity contribution is 0.409. The number of hydrogen-bond acceptors (Lipinski definition) is 1. The normalized spacial score (nSPS) is 9.92. The van der Waals surface area contributed by atoms with Crippen LogP contribution in [0.2, 0.25) is 0 Å². The Morgan fingerprint density at radius 1 is 1.42 bits per heavy atom. The zero-order valence-corrected chi connectivity index (χ0v) is 9.59. The molecule has 0 atom stereocenters. The molecule has 1 nitrogen and oxygen atoms in total. The first-order chi connectivity index (χ1) is 5.77. The Morgan fingerprint density at radius 2 is 2.17 bits per heavy atom. The van der Waals surface area contributed by atoms with Crippen LogP contribution in [0.5, 0.6) is 5.75 Å². The third kappa shape index (κ3) is 2.37. The van der Waals surface area contributed by atoms with Crippen LogP contribution in [0.1, 0.15) is 18.9 Å². The Morgan fingerprint density at radius 3 is 2.75 bits per heavy atom. The Labute approximate surface area is 87.3 Å². The SMILES string of the molecule is CCCc1cc(I)ccc1OC. The summed E-state index contributed by atoms with van der Waals surface area (Å²) in [5.41, 5.74) is 1.31. The van der Waals surface area contributed by atoms with Gasteiger partial charge in [0.05, 0.1) is 7.11 Å². The van der Waals surface area contributed by atoms with Crippen LogP contribution in [0.4, 0.5) is 0 Å². The highest BCUT2D eigenvalue weighted by Gasteiger charge is 2.01. The van der Waals surface area contributed by atoms with Gasteiger partial charge in [0.1, 0.15) is 5.75 Å². The van der Waals surface area contributed by atoms with Gasteiger partial charge < -0.3 is 4.74 Å². The van der Waals surface area contributed by atoms with Crippen molar-refractivity contribution >= 4 is 22.6 Å². The number of ether oxygens (including phenoxy) is 1. The molecule has 12 heavy (non-hydrogen) atoms. The largest absolute Gasteiger partial charge is 0.496 e. The quantitative estimate of drug-likeness (QED) is 0.770. The summed E-state index contributed by atoms with van der Waals surface area (Å²) < 4.78 is 6.52. The fourth-order valence-electron chi connectivity index (χ4n) is 1.21. The molecule has 0 heterocycles. The molecule has 1 aromatic rings. The maximum absolute atomic E-state index is 5.25. The molecule has 0 radical (unpaired) electrons.